The molecule has 1 saturated carbocycles. The molecule has 0 heterocycles. The van der Waals surface area contributed by atoms with Crippen LogP contribution >= 0.6 is 15.9 Å². The van der Waals surface area contributed by atoms with Crippen molar-refractivity contribution in [2.24, 2.45) is 0 Å². The van der Waals surface area contributed by atoms with Gasteiger partial charge in [-0.2, -0.15) is 0 Å². The van der Waals surface area contributed by atoms with Gasteiger partial charge in [0, 0.05) is 10.9 Å². The van der Waals surface area contributed by atoms with Gasteiger partial charge in [-0.15, -0.1) is 0 Å². The van der Waals surface area contributed by atoms with Crippen molar-refractivity contribution < 1.29 is 9.90 Å². The summed E-state index contributed by atoms with van der Waals surface area (Å²) in [4.78, 5) is 12.6. The van der Waals surface area contributed by atoms with Crippen LogP contribution in [0.5, 0.6) is 5.75 Å². The third-order valence-electron chi connectivity index (χ3n) is 3.39. The number of hydrogen-bond acceptors (Lipinski definition) is 2. The predicted molar refractivity (Wildman–Crippen MR) is 75.3 cm³/mol. The van der Waals surface area contributed by atoms with Gasteiger partial charge >= 0.3 is 0 Å². The second-order valence-electron chi connectivity index (χ2n) is 4.94. The van der Waals surface area contributed by atoms with Crippen LogP contribution in [0.25, 0.3) is 0 Å². The number of amides is 1. The Morgan fingerprint density at radius 1 is 1.33 bits per heavy atom. The highest BCUT2D eigenvalue weighted by molar-refractivity contribution is 9.09. The number of halogens is 1. The van der Waals surface area contributed by atoms with E-state index in [9.17, 15) is 9.90 Å². The molecular weight excluding hydrogens is 294 g/mol. The molecule has 0 aliphatic heterocycles. The fraction of sp³-hybridized carbons (Fsp3) is 0.500. The van der Waals surface area contributed by atoms with Crippen molar-refractivity contribution in [1.29, 1.82) is 0 Å². The van der Waals surface area contributed by atoms with Crippen LogP contribution < -0.4 is 5.32 Å². The smallest absolute Gasteiger partial charge is 0.255 e. The number of carbonyl (C=O) groups excluding carboxylic acids is 1. The Hall–Kier alpha value is -1.03. The lowest BCUT2D eigenvalue weighted by Gasteiger charge is -2.26. The molecule has 0 atom stereocenters. The van der Waals surface area contributed by atoms with Crippen LogP contribution in [0, 0.1) is 6.92 Å². The number of hydrogen-bond donors (Lipinski definition) is 2. The number of alkyl halides is 1. The summed E-state index contributed by atoms with van der Waals surface area (Å²) in [6.45, 7) is 1.89. The maximum atomic E-state index is 12.0. The molecule has 2 rings (SSSR count). The molecule has 0 aromatic heterocycles. The molecule has 1 fully saturated rings. The van der Waals surface area contributed by atoms with Gasteiger partial charge in [0.05, 0.1) is 5.56 Å². The summed E-state index contributed by atoms with van der Waals surface area (Å²) < 4.78 is 0. The molecule has 1 aliphatic carbocycles. The Morgan fingerprint density at radius 2 is 2.00 bits per heavy atom. The summed E-state index contributed by atoms with van der Waals surface area (Å²) in [6.07, 6.45) is 4.16. The minimum atomic E-state index is -0.175. The average Bonchev–Trinajstić information content (AvgIpc) is 2.32. The number of phenols is 1. The lowest BCUT2D eigenvalue weighted by Crippen LogP contribution is -2.37. The van der Waals surface area contributed by atoms with E-state index in [2.05, 4.69) is 21.2 Å². The van der Waals surface area contributed by atoms with Crippen molar-refractivity contribution in [3.05, 3.63) is 29.3 Å². The molecule has 1 aromatic carbocycles. The molecule has 1 aliphatic rings. The molecule has 0 bridgehead atoms. The van der Waals surface area contributed by atoms with Crippen LogP contribution in [-0.2, 0) is 0 Å². The van der Waals surface area contributed by atoms with Crippen LogP contribution in [0.15, 0.2) is 18.2 Å². The number of phenolic OH excluding ortho intramolecular Hbond substituents is 1. The van der Waals surface area contributed by atoms with Crippen LogP contribution in [0.1, 0.15) is 41.6 Å². The van der Waals surface area contributed by atoms with E-state index in [1.165, 1.54) is 0 Å². The number of rotatable bonds is 2. The fourth-order valence-electron chi connectivity index (χ4n) is 2.29. The second-order valence-corrected chi connectivity index (χ2v) is 6.24. The Morgan fingerprint density at radius 3 is 2.61 bits per heavy atom. The predicted octanol–water partition coefficient (Wildman–Crippen LogP) is 3.14. The number of nitrogens with one attached hydrogen (secondary N) is 1. The van der Waals surface area contributed by atoms with E-state index in [4.69, 9.17) is 0 Å². The van der Waals surface area contributed by atoms with Gasteiger partial charge in [-0.05, 0) is 50.3 Å². The van der Waals surface area contributed by atoms with Gasteiger partial charge in [0.15, 0.2) is 0 Å². The molecule has 2 N–H and O–H groups in total. The number of benzene rings is 1. The Labute approximate surface area is 116 Å². The molecule has 0 unspecified atom stereocenters. The van der Waals surface area contributed by atoms with Crippen molar-refractivity contribution in [3.63, 3.8) is 0 Å². The van der Waals surface area contributed by atoms with Crippen molar-refractivity contribution in [2.75, 3.05) is 0 Å². The molecule has 0 saturated heterocycles. The molecule has 0 spiro atoms. The zero-order valence-electron chi connectivity index (χ0n) is 10.4. The van der Waals surface area contributed by atoms with E-state index in [1.807, 2.05) is 13.0 Å². The zero-order chi connectivity index (χ0) is 13.1. The van der Waals surface area contributed by atoms with Crippen LogP contribution in [0.4, 0.5) is 0 Å². The van der Waals surface area contributed by atoms with Crippen LogP contribution in [0.3, 0.4) is 0 Å². The van der Waals surface area contributed by atoms with Crippen molar-refractivity contribution in [2.45, 2.75) is 43.5 Å². The first-order valence-corrected chi connectivity index (χ1v) is 7.22. The highest BCUT2D eigenvalue weighted by Crippen LogP contribution is 2.25. The lowest BCUT2D eigenvalue weighted by atomic mass is 9.95. The first kappa shape index (κ1) is 13.4. The van der Waals surface area contributed by atoms with E-state index in [0.29, 0.717) is 10.4 Å². The minimum Gasteiger partial charge on any atom is -0.507 e. The molecule has 98 valence electrons. The van der Waals surface area contributed by atoms with E-state index >= 15 is 0 Å². The van der Waals surface area contributed by atoms with Gasteiger partial charge in [-0.25, -0.2) is 0 Å². The van der Waals surface area contributed by atoms with E-state index in [0.717, 1.165) is 31.2 Å². The second kappa shape index (κ2) is 5.74. The highest BCUT2D eigenvalue weighted by Gasteiger charge is 2.22. The maximum Gasteiger partial charge on any atom is 0.255 e. The van der Waals surface area contributed by atoms with Gasteiger partial charge < -0.3 is 10.4 Å². The topological polar surface area (TPSA) is 49.3 Å². The SMILES string of the molecule is Cc1ccc(C(=O)NC2CCC(Br)CC2)c(O)c1. The van der Waals surface area contributed by atoms with Gasteiger partial charge in [-0.1, -0.05) is 22.0 Å². The number of aromatic hydroxyl groups is 1. The quantitative estimate of drug-likeness (QED) is 0.824. The first-order chi connectivity index (χ1) is 8.56. The van der Waals surface area contributed by atoms with Gasteiger partial charge in [-0.3, -0.25) is 4.79 Å². The zero-order valence-corrected chi connectivity index (χ0v) is 12.0. The number of carbonyl (C=O) groups is 1. The van der Waals surface area contributed by atoms with E-state index in [1.54, 1.807) is 12.1 Å². The Kier molecular flexibility index (Phi) is 4.27. The molecule has 4 heteroatoms. The summed E-state index contributed by atoms with van der Waals surface area (Å²) in [5, 5.41) is 12.8. The van der Waals surface area contributed by atoms with Crippen LogP contribution in [-0.4, -0.2) is 21.9 Å². The minimum absolute atomic E-state index is 0.0571. The molecule has 18 heavy (non-hydrogen) atoms. The molecule has 0 radical (unpaired) electrons. The molecule has 1 aromatic rings. The summed E-state index contributed by atoms with van der Waals surface area (Å²) in [7, 11) is 0. The van der Waals surface area contributed by atoms with Gasteiger partial charge in [0.2, 0.25) is 0 Å². The summed E-state index contributed by atoms with van der Waals surface area (Å²) in [5.41, 5.74) is 1.31. The molecule has 1 amide bonds. The van der Waals surface area contributed by atoms with E-state index < -0.39 is 0 Å². The molecular formula is C14H18BrNO2. The average molecular weight is 312 g/mol. The van der Waals surface area contributed by atoms with E-state index in [-0.39, 0.29) is 17.7 Å². The third-order valence-corrected chi connectivity index (χ3v) is 4.31. The van der Waals surface area contributed by atoms with Gasteiger partial charge in [0.1, 0.15) is 5.75 Å². The lowest BCUT2D eigenvalue weighted by molar-refractivity contribution is 0.0925. The largest absolute Gasteiger partial charge is 0.507 e. The first-order valence-electron chi connectivity index (χ1n) is 6.31. The standard InChI is InChI=1S/C14H18BrNO2/c1-9-2-7-12(13(17)8-9)14(18)16-11-5-3-10(15)4-6-11/h2,7-8,10-11,17H,3-6H2,1H3,(H,16,18). The maximum absolute atomic E-state index is 12.0. The Balaban J connectivity index is 1.99. The summed E-state index contributed by atoms with van der Waals surface area (Å²) in [5.74, 6) is -0.118. The number of aryl methyl sites for hydroxylation is 1. The third kappa shape index (κ3) is 3.25. The summed E-state index contributed by atoms with van der Waals surface area (Å²) in [6, 6.07) is 5.36. The van der Waals surface area contributed by atoms with Gasteiger partial charge in [0.25, 0.3) is 5.91 Å². The fourth-order valence-corrected chi connectivity index (χ4v) is 2.82. The Bertz CT molecular complexity index is 439. The van der Waals surface area contributed by atoms with Crippen molar-refractivity contribution in [1.82, 2.24) is 5.32 Å². The normalized spacial score (nSPS) is 23.7. The van der Waals surface area contributed by atoms with Crippen molar-refractivity contribution in [3.8, 4) is 5.75 Å². The highest BCUT2D eigenvalue weighted by atomic mass is 79.9. The monoisotopic (exact) mass is 311 g/mol. The van der Waals surface area contributed by atoms with Crippen LogP contribution in [0.2, 0.25) is 0 Å². The summed E-state index contributed by atoms with van der Waals surface area (Å²) >= 11 is 3.59. The molecule has 3 nitrogen and oxygen atoms in total. The van der Waals surface area contributed by atoms with Crippen molar-refractivity contribution >= 4 is 21.8 Å².